The average molecular weight is 341 g/mol. The zero-order chi connectivity index (χ0) is 17.6. The second kappa shape index (κ2) is 7.76. The van der Waals surface area contributed by atoms with E-state index < -0.39 is 0 Å². The van der Waals surface area contributed by atoms with Crippen LogP contribution in [0.25, 0.3) is 0 Å². The summed E-state index contributed by atoms with van der Waals surface area (Å²) in [4.78, 5) is 24.2. The quantitative estimate of drug-likeness (QED) is 0.499. The Bertz CT molecular complexity index is 738. The van der Waals surface area contributed by atoms with Crippen LogP contribution in [0, 0.1) is 5.21 Å². The van der Waals surface area contributed by atoms with Gasteiger partial charge in [-0.05, 0) is 50.2 Å². The van der Waals surface area contributed by atoms with E-state index in [4.69, 9.17) is 4.74 Å². The average Bonchev–Trinajstić information content (AvgIpc) is 2.63. The summed E-state index contributed by atoms with van der Waals surface area (Å²) >= 11 is 0. The molecule has 0 bridgehead atoms. The lowest BCUT2D eigenvalue weighted by molar-refractivity contribution is -0.605. The van der Waals surface area contributed by atoms with Crippen molar-refractivity contribution in [1.82, 2.24) is 5.32 Å². The van der Waals surface area contributed by atoms with Crippen molar-refractivity contribution < 1.29 is 19.1 Å². The van der Waals surface area contributed by atoms with Gasteiger partial charge in [-0.15, -0.1) is 0 Å². The van der Waals surface area contributed by atoms with Gasteiger partial charge in [-0.1, -0.05) is 0 Å². The molecular formula is C18H19N3O4. The normalized spacial score (nSPS) is 14.7. The number of aromatic nitrogens is 1. The number of carbonyl (C=O) groups is 2. The zero-order valence-corrected chi connectivity index (χ0v) is 13.6. The number of amides is 1. The monoisotopic (exact) mass is 341 g/mol. The lowest BCUT2D eigenvalue weighted by atomic mass is 10.1. The molecule has 1 saturated heterocycles. The van der Waals surface area contributed by atoms with E-state index in [1.54, 1.807) is 24.3 Å². The SMILES string of the molecule is O=C(Nc1ccc(C(=O)OC2CCNCC2)cc1)c1cc[n+]([O-])cc1. The molecule has 0 saturated carbocycles. The Labute approximate surface area is 145 Å². The van der Waals surface area contributed by atoms with Crippen LogP contribution in [0.15, 0.2) is 48.8 Å². The minimum Gasteiger partial charge on any atom is -0.619 e. The maximum atomic E-state index is 12.1. The molecule has 1 amide bonds. The van der Waals surface area contributed by atoms with Crippen LogP contribution < -0.4 is 15.4 Å². The highest BCUT2D eigenvalue weighted by molar-refractivity contribution is 6.04. The molecule has 1 aromatic carbocycles. The first-order valence-corrected chi connectivity index (χ1v) is 8.14. The van der Waals surface area contributed by atoms with Crippen LogP contribution in [0.2, 0.25) is 0 Å². The zero-order valence-electron chi connectivity index (χ0n) is 13.6. The second-order valence-electron chi connectivity index (χ2n) is 5.83. The van der Waals surface area contributed by atoms with Crippen LogP contribution in [-0.2, 0) is 4.74 Å². The van der Waals surface area contributed by atoms with E-state index in [2.05, 4.69) is 10.6 Å². The van der Waals surface area contributed by atoms with E-state index in [1.807, 2.05) is 0 Å². The van der Waals surface area contributed by atoms with Gasteiger partial charge in [-0.2, -0.15) is 4.73 Å². The lowest BCUT2D eigenvalue weighted by Crippen LogP contribution is -2.33. The topological polar surface area (TPSA) is 94.4 Å². The smallest absolute Gasteiger partial charge is 0.338 e. The molecule has 1 aliphatic rings. The maximum Gasteiger partial charge on any atom is 0.338 e. The molecule has 1 aromatic heterocycles. The fourth-order valence-corrected chi connectivity index (χ4v) is 2.59. The van der Waals surface area contributed by atoms with Crippen LogP contribution >= 0.6 is 0 Å². The lowest BCUT2D eigenvalue weighted by Gasteiger charge is -2.22. The molecule has 25 heavy (non-hydrogen) atoms. The minimum atomic E-state index is -0.354. The van der Waals surface area contributed by atoms with E-state index in [0.29, 0.717) is 21.5 Å². The van der Waals surface area contributed by atoms with Crippen molar-refractivity contribution in [2.45, 2.75) is 18.9 Å². The number of nitrogens with one attached hydrogen (secondary N) is 2. The molecule has 1 aliphatic heterocycles. The third-order valence-electron chi connectivity index (χ3n) is 4.00. The Hall–Kier alpha value is -2.93. The Morgan fingerprint density at radius 3 is 2.32 bits per heavy atom. The fourth-order valence-electron chi connectivity index (χ4n) is 2.59. The molecule has 2 heterocycles. The molecule has 0 aliphatic carbocycles. The second-order valence-corrected chi connectivity index (χ2v) is 5.83. The van der Waals surface area contributed by atoms with Crippen LogP contribution in [0.1, 0.15) is 33.6 Å². The number of anilines is 1. The number of hydrogen-bond acceptors (Lipinski definition) is 5. The maximum absolute atomic E-state index is 12.1. The third kappa shape index (κ3) is 4.54. The number of rotatable bonds is 4. The van der Waals surface area contributed by atoms with Crippen LogP contribution in [0.4, 0.5) is 5.69 Å². The molecule has 0 unspecified atom stereocenters. The molecule has 2 N–H and O–H groups in total. The number of pyridine rings is 1. The van der Waals surface area contributed by atoms with Crippen molar-refractivity contribution in [2.75, 3.05) is 18.4 Å². The molecular weight excluding hydrogens is 322 g/mol. The minimum absolute atomic E-state index is 0.0463. The van der Waals surface area contributed by atoms with E-state index >= 15 is 0 Å². The summed E-state index contributed by atoms with van der Waals surface area (Å²) in [6.07, 6.45) is 4.11. The summed E-state index contributed by atoms with van der Waals surface area (Å²) < 4.78 is 6.09. The predicted molar refractivity (Wildman–Crippen MR) is 91.1 cm³/mol. The Morgan fingerprint density at radius 1 is 1.04 bits per heavy atom. The van der Waals surface area contributed by atoms with Gasteiger partial charge in [0, 0.05) is 17.8 Å². The first-order chi connectivity index (χ1) is 12.1. The molecule has 130 valence electrons. The largest absolute Gasteiger partial charge is 0.619 e. The Balaban J connectivity index is 1.58. The summed E-state index contributed by atoms with van der Waals surface area (Å²) in [6, 6.07) is 9.41. The van der Waals surface area contributed by atoms with E-state index in [0.717, 1.165) is 25.9 Å². The van der Waals surface area contributed by atoms with Gasteiger partial charge in [0.05, 0.1) is 11.1 Å². The van der Waals surface area contributed by atoms with E-state index in [1.165, 1.54) is 24.5 Å². The van der Waals surface area contributed by atoms with E-state index in [-0.39, 0.29) is 18.0 Å². The highest BCUT2D eigenvalue weighted by atomic mass is 16.5. The van der Waals surface area contributed by atoms with Crippen LogP contribution in [0.5, 0.6) is 0 Å². The molecule has 2 aromatic rings. The number of carbonyl (C=O) groups excluding carboxylic acids is 2. The number of piperidine rings is 1. The van der Waals surface area contributed by atoms with Crippen molar-refractivity contribution >= 4 is 17.6 Å². The third-order valence-corrected chi connectivity index (χ3v) is 4.00. The summed E-state index contributed by atoms with van der Waals surface area (Å²) in [5.74, 6) is -0.682. The summed E-state index contributed by atoms with van der Waals surface area (Å²) in [5.41, 5.74) is 1.38. The molecule has 7 nitrogen and oxygen atoms in total. The van der Waals surface area contributed by atoms with Crippen molar-refractivity contribution in [3.8, 4) is 0 Å². The summed E-state index contributed by atoms with van der Waals surface area (Å²) in [5, 5.41) is 16.9. The highest BCUT2D eigenvalue weighted by Crippen LogP contribution is 2.15. The first-order valence-electron chi connectivity index (χ1n) is 8.14. The summed E-state index contributed by atoms with van der Waals surface area (Å²) in [6.45, 7) is 1.71. The van der Waals surface area contributed by atoms with Crippen molar-refractivity contribution in [1.29, 1.82) is 0 Å². The molecule has 0 radical (unpaired) electrons. The van der Waals surface area contributed by atoms with Gasteiger partial charge >= 0.3 is 5.97 Å². The molecule has 0 spiro atoms. The highest BCUT2D eigenvalue weighted by Gasteiger charge is 2.18. The summed E-state index contributed by atoms with van der Waals surface area (Å²) in [7, 11) is 0. The van der Waals surface area contributed by atoms with Gasteiger partial charge in [0.1, 0.15) is 6.10 Å². The molecule has 1 fully saturated rings. The molecule has 0 atom stereocenters. The predicted octanol–water partition coefficient (Wildman–Crippen LogP) is 1.48. The van der Waals surface area contributed by atoms with Gasteiger partial charge in [-0.3, -0.25) is 4.79 Å². The van der Waals surface area contributed by atoms with E-state index in [9.17, 15) is 14.8 Å². The molecule has 7 heteroatoms. The van der Waals surface area contributed by atoms with Gasteiger partial charge < -0.3 is 20.6 Å². The molecule has 3 rings (SSSR count). The standard InChI is InChI=1S/C18H19N3O4/c22-17(13-7-11-21(24)12-8-13)20-15-3-1-14(2-4-15)18(23)25-16-5-9-19-10-6-16/h1-4,7-8,11-12,16,19H,5-6,9-10H2,(H,20,22). The number of ether oxygens (including phenoxy) is 1. The van der Waals surface area contributed by atoms with Gasteiger partial charge in [-0.25, -0.2) is 4.79 Å². The van der Waals surface area contributed by atoms with Crippen molar-refractivity contribution in [2.24, 2.45) is 0 Å². The fraction of sp³-hybridized carbons (Fsp3) is 0.278. The first kappa shape index (κ1) is 16.9. The number of nitrogens with zero attached hydrogens (tertiary/aromatic N) is 1. The van der Waals surface area contributed by atoms with Crippen LogP contribution in [0.3, 0.4) is 0 Å². The van der Waals surface area contributed by atoms with Crippen LogP contribution in [-0.4, -0.2) is 31.1 Å². The van der Waals surface area contributed by atoms with Crippen molar-refractivity contribution in [3.05, 3.63) is 65.1 Å². The van der Waals surface area contributed by atoms with Crippen molar-refractivity contribution in [3.63, 3.8) is 0 Å². The Morgan fingerprint density at radius 2 is 1.68 bits per heavy atom. The number of hydrogen-bond donors (Lipinski definition) is 2. The number of esters is 1. The van der Waals surface area contributed by atoms with Gasteiger partial charge in [0.25, 0.3) is 5.91 Å². The van der Waals surface area contributed by atoms with Gasteiger partial charge in [0.2, 0.25) is 0 Å². The number of benzene rings is 1. The Kier molecular flexibility index (Phi) is 5.25. The van der Waals surface area contributed by atoms with Gasteiger partial charge in [0.15, 0.2) is 12.4 Å².